The maximum Gasteiger partial charge on any atom is 0.574 e. The van der Waals surface area contributed by atoms with Gasteiger partial charge in [-0.15, -0.1) is 13.2 Å². The molecule has 1 aliphatic heterocycles. The van der Waals surface area contributed by atoms with Gasteiger partial charge < -0.3 is 10.5 Å². The van der Waals surface area contributed by atoms with Gasteiger partial charge in [-0.2, -0.15) is 0 Å². The molecular formula is C12H10F3N2O2. The highest BCUT2D eigenvalue weighted by molar-refractivity contribution is 5.95. The second-order valence-electron chi connectivity index (χ2n) is 3.89. The molecule has 2 N–H and O–H groups in total. The molecule has 0 saturated carbocycles. The van der Waals surface area contributed by atoms with Gasteiger partial charge in [0.25, 0.3) is 0 Å². The molecule has 0 aliphatic carbocycles. The van der Waals surface area contributed by atoms with Crippen LogP contribution in [-0.4, -0.2) is 12.3 Å². The van der Waals surface area contributed by atoms with Gasteiger partial charge >= 0.3 is 6.36 Å². The summed E-state index contributed by atoms with van der Waals surface area (Å²) in [6.07, 6.45) is -4.50. The maximum atomic E-state index is 12.3. The Bertz CT molecular complexity index is 565. The summed E-state index contributed by atoms with van der Waals surface area (Å²) in [5.74, 6) is -1.13. The fourth-order valence-electron chi connectivity index (χ4n) is 1.86. The van der Waals surface area contributed by atoms with Crippen molar-refractivity contribution in [3.63, 3.8) is 0 Å². The lowest BCUT2D eigenvalue weighted by Gasteiger charge is -2.09. The molecule has 0 fully saturated rings. The highest BCUT2D eigenvalue weighted by Crippen LogP contribution is 2.39. The molecule has 1 aliphatic rings. The van der Waals surface area contributed by atoms with Crippen molar-refractivity contribution in [1.29, 1.82) is 0 Å². The lowest BCUT2D eigenvalue weighted by Crippen LogP contribution is -2.15. The van der Waals surface area contributed by atoms with E-state index in [9.17, 15) is 18.0 Å². The average Bonchev–Trinajstić information content (AvgIpc) is 2.62. The third-order valence-corrected chi connectivity index (χ3v) is 2.65. The Balaban J connectivity index is 2.43. The largest absolute Gasteiger partial charge is 0.574 e. The number of allylic oxidation sites excluding steroid dienone is 1. The molecule has 0 saturated heterocycles. The molecule has 0 bridgehead atoms. The molecule has 1 radical (unpaired) electrons. The highest BCUT2D eigenvalue weighted by atomic mass is 19.4. The lowest BCUT2D eigenvalue weighted by atomic mass is 10.0. The summed E-state index contributed by atoms with van der Waals surface area (Å²) < 4.78 is 40.7. The van der Waals surface area contributed by atoms with Crippen molar-refractivity contribution >= 4 is 17.2 Å². The van der Waals surface area contributed by atoms with E-state index in [1.807, 2.05) is 0 Å². The Morgan fingerprint density at radius 3 is 2.63 bits per heavy atom. The lowest BCUT2D eigenvalue weighted by molar-refractivity contribution is -0.306. The Morgan fingerprint density at radius 2 is 2.11 bits per heavy atom. The number of primary amides is 1. The number of carbonyl (C=O) groups is 1. The average molecular weight is 271 g/mol. The first kappa shape index (κ1) is 13.3. The smallest absolute Gasteiger partial charge is 0.388 e. The van der Waals surface area contributed by atoms with Crippen LogP contribution in [0.25, 0.3) is 5.57 Å². The number of halogens is 3. The number of benzene rings is 1. The van der Waals surface area contributed by atoms with Crippen molar-refractivity contribution in [2.45, 2.75) is 19.7 Å². The zero-order chi connectivity index (χ0) is 14.2. The quantitative estimate of drug-likeness (QED) is 0.918. The van der Waals surface area contributed by atoms with Crippen LogP contribution in [0.5, 0.6) is 0 Å². The predicted molar refractivity (Wildman–Crippen MR) is 61.1 cm³/mol. The first-order chi connectivity index (χ1) is 8.81. The van der Waals surface area contributed by atoms with Gasteiger partial charge in [-0.25, -0.2) is 5.32 Å². The van der Waals surface area contributed by atoms with E-state index in [1.165, 1.54) is 18.2 Å². The number of nitrogens with two attached hydrogens (primary N) is 1. The Morgan fingerprint density at radius 1 is 1.42 bits per heavy atom. The van der Waals surface area contributed by atoms with Crippen LogP contribution < -0.4 is 11.1 Å². The number of fused-ring (bicyclic) bond motifs is 1. The van der Waals surface area contributed by atoms with Gasteiger partial charge in [0.1, 0.15) is 0 Å². The van der Waals surface area contributed by atoms with Crippen LogP contribution in [0.3, 0.4) is 0 Å². The molecule has 19 heavy (non-hydrogen) atoms. The molecule has 0 spiro atoms. The van der Waals surface area contributed by atoms with Crippen LogP contribution in [0.1, 0.15) is 29.3 Å². The topological polar surface area (TPSA) is 66.4 Å². The van der Waals surface area contributed by atoms with Crippen LogP contribution in [0.2, 0.25) is 0 Å². The molecule has 1 aromatic rings. The Labute approximate surface area is 107 Å². The number of carbonyl (C=O) groups excluding carboxylic acids is 1. The number of hydrogen-bond acceptors (Lipinski definition) is 2. The van der Waals surface area contributed by atoms with Crippen molar-refractivity contribution in [2.75, 3.05) is 0 Å². The minimum atomic E-state index is -4.80. The summed E-state index contributed by atoms with van der Waals surface area (Å²) in [6.45, 7) is 1.68. The molecule has 0 atom stereocenters. The fourth-order valence-corrected chi connectivity index (χ4v) is 1.86. The van der Waals surface area contributed by atoms with Gasteiger partial charge in [0, 0.05) is 16.7 Å². The van der Waals surface area contributed by atoms with E-state index in [1.54, 1.807) is 6.92 Å². The fraction of sp³-hybridized carbons (Fsp3) is 0.250. The molecule has 2 rings (SSSR count). The molecule has 4 nitrogen and oxygen atoms in total. The number of ether oxygens (including phenoxy) is 1. The molecule has 0 unspecified atom stereocenters. The summed E-state index contributed by atoms with van der Waals surface area (Å²) in [6, 6.07) is 4.28. The van der Waals surface area contributed by atoms with Crippen molar-refractivity contribution in [2.24, 2.45) is 5.73 Å². The second kappa shape index (κ2) is 4.49. The van der Waals surface area contributed by atoms with Crippen molar-refractivity contribution in [3.05, 3.63) is 35.2 Å². The van der Waals surface area contributed by atoms with Gasteiger partial charge in [0.15, 0.2) is 0 Å². The third-order valence-electron chi connectivity index (χ3n) is 2.65. The normalized spacial score (nSPS) is 14.1. The SMILES string of the molecule is CCC1=C(OC(F)(F)F)[N]c2ccc(C(N)=O)cc21. The van der Waals surface area contributed by atoms with Gasteiger partial charge in [-0.1, -0.05) is 6.92 Å². The maximum absolute atomic E-state index is 12.3. The van der Waals surface area contributed by atoms with E-state index in [2.05, 4.69) is 10.1 Å². The zero-order valence-electron chi connectivity index (χ0n) is 9.91. The first-order valence-electron chi connectivity index (χ1n) is 5.46. The van der Waals surface area contributed by atoms with Crippen LogP contribution in [0.4, 0.5) is 18.9 Å². The molecular weight excluding hydrogens is 261 g/mol. The van der Waals surface area contributed by atoms with Crippen LogP contribution in [0.15, 0.2) is 24.1 Å². The summed E-state index contributed by atoms with van der Waals surface area (Å²) in [7, 11) is 0. The van der Waals surface area contributed by atoms with E-state index in [4.69, 9.17) is 5.73 Å². The highest BCUT2D eigenvalue weighted by Gasteiger charge is 2.36. The van der Waals surface area contributed by atoms with Crippen molar-refractivity contribution < 1.29 is 22.7 Å². The van der Waals surface area contributed by atoms with Gasteiger partial charge in [-0.05, 0) is 24.6 Å². The van der Waals surface area contributed by atoms with Crippen LogP contribution in [-0.2, 0) is 4.74 Å². The van der Waals surface area contributed by atoms with Crippen LogP contribution >= 0.6 is 0 Å². The first-order valence-corrected chi connectivity index (χ1v) is 5.46. The second-order valence-corrected chi connectivity index (χ2v) is 3.89. The van der Waals surface area contributed by atoms with Crippen molar-refractivity contribution in [1.82, 2.24) is 5.32 Å². The standard InChI is InChI=1S/C12H10F3N2O2/c1-2-7-8-5-6(10(16)18)3-4-9(8)17-11(7)19-12(13,14)15/h3-5H,2H2,1H3,(H2,16,18). The molecule has 1 aromatic carbocycles. The number of amides is 1. The van der Waals surface area contributed by atoms with E-state index >= 15 is 0 Å². The van der Waals surface area contributed by atoms with Gasteiger partial charge in [0.2, 0.25) is 11.8 Å². The zero-order valence-corrected chi connectivity index (χ0v) is 9.91. The van der Waals surface area contributed by atoms with Crippen molar-refractivity contribution in [3.8, 4) is 0 Å². The van der Waals surface area contributed by atoms with E-state index in [-0.39, 0.29) is 5.56 Å². The van der Waals surface area contributed by atoms with E-state index < -0.39 is 18.2 Å². The number of alkyl halides is 3. The predicted octanol–water partition coefficient (Wildman–Crippen LogP) is 2.65. The van der Waals surface area contributed by atoms with Gasteiger partial charge in [0.05, 0.1) is 5.69 Å². The molecule has 0 aromatic heterocycles. The van der Waals surface area contributed by atoms with Gasteiger partial charge in [-0.3, -0.25) is 4.79 Å². The Kier molecular flexibility index (Phi) is 3.13. The number of hydrogen-bond donors (Lipinski definition) is 1. The van der Waals surface area contributed by atoms with E-state index in [0.717, 1.165) is 0 Å². The molecule has 101 valence electrons. The van der Waals surface area contributed by atoms with Crippen LogP contribution in [0, 0.1) is 0 Å². The summed E-state index contributed by atoms with van der Waals surface area (Å²) in [5, 5.41) is 3.77. The summed E-state index contributed by atoms with van der Waals surface area (Å²) >= 11 is 0. The minimum Gasteiger partial charge on any atom is -0.388 e. The molecule has 1 amide bonds. The molecule has 7 heteroatoms. The minimum absolute atomic E-state index is 0.216. The number of nitrogens with zero attached hydrogens (tertiary/aromatic N) is 1. The number of rotatable bonds is 3. The summed E-state index contributed by atoms with van der Waals surface area (Å²) in [4.78, 5) is 11.1. The summed E-state index contributed by atoms with van der Waals surface area (Å²) in [5.41, 5.74) is 6.43. The Hall–Kier alpha value is -2.18. The molecule has 1 heterocycles. The van der Waals surface area contributed by atoms with E-state index in [0.29, 0.717) is 23.2 Å². The third kappa shape index (κ3) is 2.64. The monoisotopic (exact) mass is 271 g/mol.